The van der Waals surface area contributed by atoms with E-state index in [1.54, 1.807) is 44.2 Å². The zero-order valence-corrected chi connectivity index (χ0v) is 37.0. The van der Waals surface area contributed by atoms with Gasteiger partial charge in [0.05, 0.1) is 54.4 Å². The number of phenolic OH excluding ortho intramolecular Hbond substituents is 1. The lowest BCUT2D eigenvalue weighted by atomic mass is 9.42. The highest BCUT2D eigenvalue weighted by molar-refractivity contribution is 5.90. The van der Waals surface area contributed by atoms with Crippen LogP contribution in [0.25, 0.3) is 6.08 Å². The van der Waals surface area contributed by atoms with Gasteiger partial charge in [0.2, 0.25) is 0 Å². The normalized spacial score (nSPS) is 50.6. The van der Waals surface area contributed by atoms with Crippen LogP contribution < -0.4 is 0 Å². The van der Waals surface area contributed by atoms with Crippen molar-refractivity contribution in [3.8, 4) is 5.75 Å². The summed E-state index contributed by atoms with van der Waals surface area (Å²) in [5.41, 5.74) is -1.00. The Morgan fingerprint density at radius 2 is 1.33 bits per heavy atom. The molecule has 0 amide bonds. The summed E-state index contributed by atoms with van der Waals surface area (Å²) in [6.07, 6.45) is -0.944. The van der Waals surface area contributed by atoms with Crippen LogP contribution in [0.3, 0.4) is 0 Å². The summed E-state index contributed by atoms with van der Waals surface area (Å²) in [4.78, 5) is 12.7. The molecule has 0 spiro atoms. The molecule has 63 heavy (non-hydrogen) atoms. The number of carbonyl (C=O) groups excluding carboxylic acids is 1. The number of carbonyl (C=O) groups is 1. The molecule has 7 fully saturated rings. The fraction of sp³-hybridized carbons (Fsp3) is 0.771. The van der Waals surface area contributed by atoms with Gasteiger partial charge in [-0.2, -0.15) is 0 Å². The van der Waals surface area contributed by atoms with E-state index in [9.17, 15) is 40.5 Å². The summed E-state index contributed by atoms with van der Waals surface area (Å²) < 4.78 is 42.6. The highest BCUT2D eigenvalue weighted by atomic mass is 16.7. The van der Waals surface area contributed by atoms with E-state index in [0.29, 0.717) is 42.1 Å². The summed E-state index contributed by atoms with van der Waals surface area (Å²) in [5, 5.41) is 78.2. The first-order chi connectivity index (χ1) is 29.9. The maximum absolute atomic E-state index is 12.9. The van der Waals surface area contributed by atoms with Gasteiger partial charge in [-0.15, -0.1) is 0 Å². The number of phenols is 1. The highest BCUT2D eigenvalue weighted by Gasteiger charge is 2.71. The van der Waals surface area contributed by atoms with Gasteiger partial charge in [-0.25, -0.2) is 4.79 Å². The number of hydrogen-bond donors (Lipinski definition) is 7. The SMILES string of the molecule is C[C@H]1O[C@@H](O[C@H]2[C@@H](O)C[C@H](O[C@H]3[C@@H](O)C[C@H](O[C@H]4CC[C@@]5(C)[C@H](CC[C@@H]6[C@@H]5C[C@@H](O)[C@]5(C)[C@@H](C7=CC(=O)O/C7=C\c7ccccc7O)CC[C@]65O)C4)O[C@@H]3C)O[C@@H]2C)C[C@H](O)[C@@H]1O. The second kappa shape index (κ2) is 17.3. The molecule has 8 aliphatic rings. The molecule has 15 nitrogen and oxygen atoms in total. The first-order valence-corrected chi connectivity index (χ1v) is 23.4. The Labute approximate surface area is 369 Å². The zero-order valence-electron chi connectivity index (χ0n) is 37.0. The number of aliphatic hydroxyl groups excluding tert-OH is 5. The molecular weight excluding hydrogens is 817 g/mol. The van der Waals surface area contributed by atoms with Crippen LogP contribution >= 0.6 is 0 Å². The number of aliphatic hydroxyl groups is 6. The summed E-state index contributed by atoms with van der Waals surface area (Å²) in [6.45, 7) is 9.56. The number of cyclic esters (lactones) is 1. The molecule has 0 radical (unpaired) electrons. The van der Waals surface area contributed by atoms with Crippen LogP contribution in [0, 0.1) is 34.5 Å². The third-order valence-corrected chi connectivity index (χ3v) is 17.2. The van der Waals surface area contributed by atoms with Crippen LogP contribution in [0.1, 0.15) is 111 Å². The summed E-state index contributed by atoms with van der Waals surface area (Å²) in [7, 11) is 0. The summed E-state index contributed by atoms with van der Waals surface area (Å²) in [6, 6.07) is 6.86. The molecular formula is C48H68O15. The average Bonchev–Trinajstić information content (AvgIpc) is 3.73. The van der Waals surface area contributed by atoms with Crippen molar-refractivity contribution in [3.63, 3.8) is 0 Å². The predicted molar refractivity (Wildman–Crippen MR) is 224 cm³/mol. The molecule has 9 rings (SSSR count). The van der Waals surface area contributed by atoms with E-state index in [2.05, 4.69) is 6.92 Å². The van der Waals surface area contributed by atoms with Gasteiger partial charge in [-0.1, -0.05) is 32.0 Å². The Bertz CT molecular complexity index is 1870. The van der Waals surface area contributed by atoms with E-state index >= 15 is 0 Å². The van der Waals surface area contributed by atoms with Crippen molar-refractivity contribution >= 4 is 12.0 Å². The number of para-hydroxylation sites is 1. The van der Waals surface area contributed by atoms with Crippen molar-refractivity contribution in [2.24, 2.45) is 34.5 Å². The van der Waals surface area contributed by atoms with Crippen LogP contribution in [0.15, 0.2) is 41.7 Å². The molecule has 4 heterocycles. The van der Waals surface area contributed by atoms with Crippen LogP contribution in [-0.2, 0) is 38.0 Å². The molecule has 0 aromatic heterocycles. The van der Waals surface area contributed by atoms with Crippen LogP contribution in [0.2, 0.25) is 0 Å². The monoisotopic (exact) mass is 884 g/mol. The average molecular weight is 885 g/mol. The lowest BCUT2D eigenvalue weighted by molar-refractivity contribution is -0.336. The third-order valence-electron chi connectivity index (χ3n) is 17.2. The molecule has 0 bridgehead atoms. The number of aromatic hydroxyl groups is 1. The molecule has 15 heteroatoms. The first-order valence-electron chi connectivity index (χ1n) is 23.4. The lowest BCUT2D eigenvalue weighted by Crippen LogP contribution is -2.67. The number of allylic oxidation sites excluding steroid dienone is 1. The molecule has 7 N–H and O–H groups in total. The first kappa shape index (κ1) is 45.6. The Balaban J connectivity index is 0.797. The number of esters is 1. The molecule has 21 atom stereocenters. The van der Waals surface area contributed by atoms with Crippen molar-refractivity contribution in [2.45, 2.75) is 197 Å². The van der Waals surface area contributed by atoms with E-state index in [0.717, 1.165) is 32.1 Å². The van der Waals surface area contributed by atoms with Crippen molar-refractivity contribution in [3.05, 3.63) is 47.2 Å². The van der Waals surface area contributed by atoms with E-state index in [4.69, 9.17) is 33.2 Å². The number of benzene rings is 1. The second-order valence-corrected chi connectivity index (χ2v) is 20.6. The van der Waals surface area contributed by atoms with Gasteiger partial charge in [-0.3, -0.25) is 0 Å². The minimum atomic E-state index is -1.15. The Morgan fingerprint density at radius 3 is 1.97 bits per heavy atom. The van der Waals surface area contributed by atoms with Crippen molar-refractivity contribution in [1.82, 2.24) is 0 Å². The molecule has 1 aromatic carbocycles. The number of rotatable bonds is 8. The molecule has 350 valence electrons. The molecule has 4 aliphatic heterocycles. The van der Waals surface area contributed by atoms with E-state index in [1.807, 2.05) is 13.8 Å². The largest absolute Gasteiger partial charge is 0.507 e. The number of ether oxygens (including phenoxy) is 7. The van der Waals surface area contributed by atoms with Gasteiger partial charge >= 0.3 is 5.97 Å². The van der Waals surface area contributed by atoms with E-state index < -0.39 is 96.9 Å². The minimum Gasteiger partial charge on any atom is -0.507 e. The highest BCUT2D eigenvalue weighted by Crippen LogP contribution is 2.70. The maximum Gasteiger partial charge on any atom is 0.336 e. The van der Waals surface area contributed by atoms with Gasteiger partial charge in [0.15, 0.2) is 18.9 Å². The van der Waals surface area contributed by atoms with Gasteiger partial charge in [-0.05, 0) is 113 Å². The van der Waals surface area contributed by atoms with E-state index in [-0.39, 0.29) is 54.3 Å². The quantitative estimate of drug-likeness (QED) is 0.145. The Kier molecular flexibility index (Phi) is 12.5. The van der Waals surface area contributed by atoms with Crippen LogP contribution in [-0.4, -0.2) is 133 Å². The third kappa shape index (κ3) is 8.03. The molecule has 0 unspecified atom stereocenters. The molecule has 4 saturated carbocycles. The smallest absolute Gasteiger partial charge is 0.336 e. The fourth-order valence-electron chi connectivity index (χ4n) is 13.6. The molecule has 4 aliphatic carbocycles. The summed E-state index contributed by atoms with van der Waals surface area (Å²) >= 11 is 0. The Hall–Kier alpha value is -2.51. The minimum absolute atomic E-state index is 0.0251. The fourth-order valence-corrected chi connectivity index (χ4v) is 13.6. The standard InChI is InChI=1S/C48H68O15/c1-23-43(55)34(50)20-41(57-23)62-45-25(3)59-42(22-36(45)52)63-44-24(2)58-40(21-35(44)51)60-28-12-14-46(4)27(17-28)10-11-31-32(46)19-38(53)47(5)30(13-15-48(31,47)56)29-18-39(54)61-37(29)16-26-8-6-7-9-33(26)49/h6-9,16,18,23-25,27-28,30-32,34-36,38,40-45,49-53,55-56H,10-15,17,19-22H2,1-5H3/b37-16-/t23-,24-,25-,27-,28+,30-,31-,32+,34+,35+,36+,38-,40+,41+,42+,43-,44-,45-,46+,47+,48+/m1/s1. The van der Waals surface area contributed by atoms with E-state index in [1.165, 1.54) is 6.08 Å². The predicted octanol–water partition coefficient (Wildman–Crippen LogP) is 3.96. The van der Waals surface area contributed by atoms with Gasteiger partial charge in [0, 0.05) is 41.9 Å². The zero-order chi connectivity index (χ0) is 44.7. The summed E-state index contributed by atoms with van der Waals surface area (Å²) in [5.74, 6) is -0.00251. The van der Waals surface area contributed by atoms with Gasteiger partial charge < -0.3 is 68.9 Å². The van der Waals surface area contributed by atoms with Gasteiger partial charge in [0.25, 0.3) is 0 Å². The van der Waals surface area contributed by atoms with Crippen molar-refractivity contribution in [2.75, 3.05) is 0 Å². The lowest BCUT2D eigenvalue weighted by Gasteiger charge is -2.65. The van der Waals surface area contributed by atoms with Crippen molar-refractivity contribution < 1.29 is 73.7 Å². The molecule has 3 saturated heterocycles. The molecule has 1 aromatic rings. The van der Waals surface area contributed by atoms with Crippen LogP contribution in [0.4, 0.5) is 0 Å². The maximum atomic E-state index is 12.9. The Morgan fingerprint density at radius 1 is 0.714 bits per heavy atom. The van der Waals surface area contributed by atoms with Gasteiger partial charge in [0.1, 0.15) is 29.8 Å². The van der Waals surface area contributed by atoms with Crippen molar-refractivity contribution in [1.29, 1.82) is 0 Å². The van der Waals surface area contributed by atoms with Crippen LogP contribution in [0.5, 0.6) is 5.75 Å². The topological polar surface area (TPSA) is 223 Å². The second-order valence-electron chi connectivity index (χ2n) is 20.6. The number of fused-ring (bicyclic) bond motifs is 5. The number of hydrogen-bond acceptors (Lipinski definition) is 15.